The summed E-state index contributed by atoms with van der Waals surface area (Å²) in [7, 11) is 2.00. The maximum Gasteiger partial charge on any atom is 0.211 e. The Hall–Kier alpha value is -2.40. The van der Waals surface area contributed by atoms with Gasteiger partial charge >= 0.3 is 0 Å². The molecule has 0 unspecified atom stereocenters. The van der Waals surface area contributed by atoms with Crippen LogP contribution < -0.4 is 10.5 Å². The van der Waals surface area contributed by atoms with E-state index in [9.17, 15) is 0 Å². The summed E-state index contributed by atoms with van der Waals surface area (Å²) in [6.07, 6.45) is 0. The van der Waals surface area contributed by atoms with Gasteiger partial charge in [0, 0.05) is 12.7 Å². The molecule has 5 heteroatoms. The predicted octanol–water partition coefficient (Wildman–Crippen LogP) is 3.15. The fourth-order valence-corrected chi connectivity index (χ4v) is 3.09. The first-order valence-corrected chi connectivity index (χ1v) is 7.45. The molecule has 2 N–H and O–H groups in total. The van der Waals surface area contributed by atoms with Crippen molar-refractivity contribution in [2.75, 3.05) is 5.73 Å². The van der Waals surface area contributed by atoms with E-state index >= 15 is 0 Å². The summed E-state index contributed by atoms with van der Waals surface area (Å²) >= 11 is 1.63. The van der Waals surface area contributed by atoms with E-state index in [4.69, 9.17) is 5.73 Å². The number of benzene rings is 2. The Morgan fingerprint density at radius 2 is 1.95 bits per heavy atom. The largest absolute Gasteiger partial charge is 0.399 e. The summed E-state index contributed by atoms with van der Waals surface area (Å²) in [5.41, 5.74) is 9.52. The highest BCUT2D eigenvalue weighted by atomic mass is 32.1. The number of hydrogen-bond donors (Lipinski definition) is 1. The molecule has 2 aromatic carbocycles. The highest BCUT2D eigenvalue weighted by Gasteiger charge is 2.01. The minimum absolute atomic E-state index is 0.731. The van der Waals surface area contributed by atoms with Gasteiger partial charge < -0.3 is 10.3 Å². The highest BCUT2D eigenvalue weighted by molar-refractivity contribution is 7.16. The van der Waals surface area contributed by atoms with Gasteiger partial charge in [0.15, 0.2) is 0 Å². The fraction of sp³-hybridized carbons (Fsp3) is 0.125. The molecular weight excluding hydrogens is 280 g/mol. The molecule has 0 fully saturated rings. The molecule has 0 amide bonds. The van der Waals surface area contributed by atoms with Crippen molar-refractivity contribution in [3.8, 4) is 0 Å². The first-order valence-electron chi connectivity index (χ1n) is 6.64. The number of nitrogen functional groups attached to an aromatic ring is 1. The molecule has 0 saturated heterocycles. The number of anilines is 1. The zero-order valence-corrected chi connectivity index (χ0v) is 12.8. The third kappa shape index (κ3) is 2.73. The van der Waals surface area contributed by atoms with Gasteiger partial charge in [-0.3, -0.25) is 0 Å². The van der Waals surface area contributed by atoms with Crippen molar-refractivity contribution in [2.45, 2.75) is 6.92 Å². The van der Waals surface area contributed by atoms with Crippen LogP contribution in [-0.2, 0) is 7.05 Å². The molecule has 106 valence electrons. The van der Waals surface area contributed by atoms with Gasteiger partial charge in [0.25, 0.3) is 0 Å². The molecule has 3 aromatic rings. The van der Waals surface area contributed by atoms with E-state index in [-0.39, 0.29) is 0 Å². The molecule has 21 heavy (non-hydrogen) atoms. The molecule has 0 bridgehead atoms. The first kappa shape index (κ1) is 13.6. The molecule has 0 saturated carbocycles. The lowest BCUT2D eigenvalue weighted by molar-refractivity contribution is 0.888. The summed E-state index contributed by atoms with van der Waals surface area (Å²) in [5, 5.41) is 8.72. The second kappa shape index (κ2) is 5.54. The van der Waals surface area contributed by atoms with E-state index in [1.807, 2.05) is 50.4 Å². The number of para-hydroxylation sites is 1. The van der Waals surface area contributed by atoms with Crippen LogP contribution in [0.1, 0.15) is 12.5 Å². The molecule has 0 atom stereocenters. The molecule has 1 heterocycles. The number of nitrogens with zero attached hydrogens (tertiary/aromatic N) is 3. The number of nitrogens with two attached hydrogens (primary N) is 1. The summed E-state index contributed by atoms with van der Waals surface area (Å²) in [6.45, 7) is 1.94. The Morgan fingerprint density at radius 3 is 2.71 bits per heavy atom. The summed E-state index contributed by atoms with van der Waals surface area (Å²) in [4.78, 5) is 0.874. The van der Waals surface area contributed by atoms with E-state index in [1.54, 1.807) is 11.3 Å². The van der Waals surface area contributed by atoms with Crippen molar-refractivity contribution in [1.29, 1.82) is 0 Å². The molecule has 0 aliphatic heterocycles. The normalized spacial score (nSPS) is 13.0. The van der Waals surface area contributed by atoms with E-state index in [1.165, 1.54) is 4.70 Å². The van der Waals surface area contributed by atoms with Gasteiger partial charge in [0.2, 0.25) is 4.80 Å². The smallest absolute Gasteiger partial charge is 0.211 e. The number of thiazole rings is 1. The molecule has 4 nitrogen and oxygen atoms in total. The van der Waals surface area contributed by atoms with E-state index in [0.717, 1.165) is 27.3 Å². The molecular formula is C16H16N4S. The molecule has 0 aliphatic carbocycles. The fourth-order valence-electron chi connectivity index (χ4n) is 2.12. The quantitative estimate of drug-likeness (QED) is 0.441. The minimum atomic E-state index is 0.731. The van der Waals surface area contributed by atoms with Gasteiger partial charge in [-0.25, -0.2) is 0 Å². The maximum atomic E-state index is 5.79. The van der Waals surface area contributed by atoms with Crippen molar-refractivity contribution >= 4 is 33.0 Å². The van der Waals surface area contributed by atoms with Gasteiger partial charge in [-0.15, -0.1) is 5.10 Å². The topological polar surface area (TPSA) is 55.7 Å². The summed E-state index contributed by atoms with van der Waals surface area (Å²) in [5.74, 6) is 0. The number of rotatable bonds is 2. The van der Waals surface area contributed by atoms with E-state index < -0.39 is 0 Å². The van der Waals surface area contributed by atoms with Gasteiger partial charge in [0.1, 0.15) is 0 Å². The van der Waals surface area contributed by atoms with Gasteiger partial charge in [0.05, 0.1) is 15.9 Å². The van der Waals surface area contributed by atoms with Crippen molar-refractivity contribution in [1.82, 2.24) is 4.57 Å². The average molecular weight is 296 g/mol. The van der Waals surface area contributed by atoms with Crippen molar-refractivity contribution in [3.05, 3.63) is 58.9 Å². The molecule has 0 radical (unpaired) electrons. The molecule has 1 aromatic heterocycles. The van der Waals surface area contributed by atoms with Crippen LogP contribution in [0.3, 0.4) is 0 Å². The zero-order chi connectivity index (χ0) is 14.8. The lowest BCUT2D eigenvalue weighted by Crippen LogP contribution is -2.09. The van der Waals surface area contributed by atoms with Crippen molar-refractivity contribution in [3.63, 3.8) is 0 Å². The van der Waals surface area contributed by atoms with Crippen molar-refractivity contribution in [2.24, 2.45) is 17.3 Å². The number of aromatic nitrogens is 1. The predicted molar refractivity (Wildman–Crippen MR) is 89.4 cm³/mol. The van der Waals surface area contributed by atoms with E-state index in [2.05, 4.69) is 26.9 Å². The monoisotopic (exact) mass is 296 g/mol. The lowest BCUT2D eigenvalue weighted by Gasteiger charge is -1.99. The SMILES string of the molecule is C/C(=N/N=c1\sc2ccccc2n1C)c1cccc(N)c1. The molecule has 0 aliphatic rings. The van der Waals surface area contributed by atoms with Crippen LogP contribution in [0.25, 0.3) is 10.2 Å². The Morgan fingerprint density at radius 1 is 1.14 bits per heavy atom. The van der Waals surface area contributed by atoms with Gasteiger partial charge in [-0.1, -0.05) is 35.6 Å². The van der Waals surface area contributed by atoms with Crippen LogP contribution in [0, 0.1) is 0 Å². The number of aryl methyl sites for hydroxylation is 1. The summed E-state index contributed by atoms with van der Waals surface area (Å²) in [6, 6.07) is 15.9. The minimum Gasteiger partial charge on any atom is -0.399 e. The van der Waals surface area contributed by atoms with Crippen LogP contribution in [0.2, 0.25) is 0 Å². The third-order valence-electron chi connectivity index (χ3n) is 3.30. The maximum absolute atomic E-state index is 5.79. The van der Waals surface area contributed by atoms with Crippen LogP contribution >= 0.6 is 11.3 Å². The van der Waals surface area contributed by atoms with Gasteiger partial charge in [-0.05, 0) is 36.8 Å². The second-order valence-electron chi connectivity index (χ2n) is 4.82. The lowest BCUT2D eigenvalue weighted by atomic mass is 10.1. The van der Waals surface area contributed by atoms with Gasteiger partial charge in [-0.2, -0.15) is 5.10 Å². The van der Waals surface area contributed by atoms with Crippen molar-refractivity contribution < 1.29 is 0 Å². The third-order valence-corrected chi connectivity index (χ3v) is 4.41. The summed E-state index contributed by atoms with van der Waals surface area (Å²) < 4.78 is 3.26. The standard InChI is InChI=1S/C16H16N4S/c1-11(12-6-5-7-13(17)10-12)18-19-16-20(2)14-8-3-4-9-15(14)21-16/h3-10H,17H2,1-2H3/b18-11-,19-16-. The van der Waals surface area contributed by atoms with Crippen LogP contribution in [0.15, 0.2) is 58.7 Å². The Balaban J connectivity index is 2.04. The Kier molecular flexibility index (Phi) is 3.58. The molecule has 0 spiro atoms. The Bertz CT molecular complexity index is 886. The van der Waals surface area contributed by atoms with E-state index in [0.29, 0.717) is 0 Å². The number of fused-ring (bicyclic) bond motifs is 1. The van der Waals surface area contributed by atoms with Crippen LogP contribution in [0.4, 0.5) is 5.69 Å². The first-order chi connectivity index (χ1) is 10.1. The molecule has 3 rings (SSSR count). The Labute approximate surface area is 126 Å². The average Bonchev–Trinajstić information content (AvgIpc) is 2.82. The number of hydrogen-bond acceptors (Lipinski definition) is 4. The van der Waals surface area contributed by atoms with Crippen LogP contribution in [0.5, 0.6) is 0 Å². The zero-order valence-electron chi connectivity index (χ0n) is 11.9. The highest BCUT2D eigenvalue weighted by Crippen LogP contribution is 2.15. The van der Waals surface area contributed by atoms with Crippen LogP contribution in [-0.4, -0.2) is 10.3 Å². The second-order valence-corrected chi connectivity index (χ2v) is 5.83.